The normalized spacial score (nSPS) is 30.0. The van der Waals surface area contributed by atoms with Crippen LogP contribution in [0.25, 0.3) is 0 Å². The standard InChI is InChI=1S/C10H18F2N2O/c11-10(12)9(15)5-13-7-3-4-14(6-7)8-1-2-8/h7-10,13,15H,1-6H2. The fourth-order valence-electron chi connectivity index (χ4n) is 2.10. The minimum absolute atomic E-state index is 0.000833. The molecule has 1 heterocycles. The van der Waals surface area contributed by atoms with E-state index in [1.807, 2.05) is 0 Å². The molecule has 0 bridgehead atoms. The van der Waals surface area contributed by atoms with Gasteiger partial charge in [0.1, 0.15) is 6.10 Å². The van der Waals surface area contributed by atoms with Crippen LogP contribution in [0.3, 0.4) is 0 Å². The molecule has 0 aromatic heterocycles. The molecule has 5 heteroatoms. The van der Waals surface area contributed by atoms with E-state index in [-0.39, 0.29) is 12.6 Å². The molecule has 1 aliphatic heterocycles. The van der Waals surface area contributed by atoms with Gasteiger partial charge in [0.15, 0.2) is 0 Å². The van der Waals surface area contributed by atoms with Crippen molar-refractivity contribution in [3.05, 3.63) is 0 Å². The summed E-state index contributed by atoms with van der Waals surface area (Å²) in [4.78, 5) is 2.41. The molecule has 88 valence electrons. The Kier molecular flexibility index (Phi) is 3.53. The molecule has 2 atom stereocenters. The minimum atomic E-state index is -2.64. The van der Waals surface area contributed by atoms with Gasteiger partial charge >= 0.3 is 0 Å². The van der Waals surface area contributed by atoms with Gasteiger partial charge in [0.25, 0.3) is 6.43 Å². The maximum atomic E-state index is 12.0. The Labute approximate surface area is 88.4 Å². The van der Waals surface area contributed by atoms with Gasteiger partial charge in [0.2, 0.25) is 0 Å². The van der Waals surface area contributed by atoms with Crippen molar-refractivity contribution in [2.75, 3.05) is 19.6 Å². The Morgan fingerprint density at radius 2 is 2.07 bits per heavy atom. The van der Waals surface area contributed by atoms with E-state index >= 15 is 0 Å². The number of alkyl halides is 2. The highest BCUT2D eigenvalue weighted by Gasteiger charge is 2.34. The molecule has 2 N–H and O–H groups in total. The summed E-state index contributed by atoms with van der Waals surface area (Å²) in [5.41, 5.74) is 0. The van der Waals surface area contributed by atoms with Gasteiger partial charge in [-0.05, 0) is 19.3 Å². The molecule has 0 radical (unpaired) electrons. The Bertz CT molecular complexity index is 212. The monoisotopic (exact) mass is 220 g/mol. The Hall–Kier alpha value is -0.260. The molecule has 15 heavy (non-hydrogen) atoms. The lowest BCUT2D eigenvalue weighted by Crippen LogP contribution is -2.40. The Balaban J connectivity index is 1.63. The summed E-state index contributed by atoms with van der Waals surface area (Å²) in [6.45, 7) is 2.01. The van der Waals surface area contributed by atoms with Crippen molar-refractivity contribution < 1.29 is 13.9 Å². The molecule has 1 saturated carbocycles. The quantitative estimate of drug-likeness (QED) is 0.705. The lowest BCUT2D eigenvalue weighted by molar-refractivity contribution is -0.00447. The van der Waals surface area contributed by atoms with Crippen molar-refractivity contribution in [1.29, 1.82) is 0 Å². The van der Waals surface area contributed by atoms with Gasteiger partial charge in [0, 0.05) is 31.7 Å². The Morgan fingerprint density at radius 1 is 1.33 bits per heavy atom. The fourth-order valence-corrected chi connectivity index (χ4v) is 2.10. The zero-order valence-electron chi connectivity index (χ0n) is 8.70. The summed E-state index contributed by atoms with van der Waals surface area (Å²) in [6, 6.07) is 1.02. The van der Waals surface area contributed by atoms with Crippen molar-refractivity contribution in [3.8, 4) is 0 Å². The number of nitrogens with zero attached hydrogens (tertiary/aromatic N) is 1. The first-order valence-corrected chi connectivity index (χ1v) is 5.60. The fraction of sp³-hybridized carbons (Fsp3) is 1.00. The van der Waals surface area contributed by atoms with Gasteiger partial charge in [-0.25, -0.2) is 8.78 Å². The molecule has 0 aromatic rings. The smallest absolute Gasteiger partial charge is 0.265 e. The van der Waals surface area contributed by atoms with E-state index in [0.29, 0.717) is 0 Å². The number of nitrogens with one attached hydrogen (secondary N) is 1. The average Bonchev–Trinajstić information content (AvgIpc) is 2.95. The number of aliphatic hydroxyl groups is 1. The second-order valence-corrected chi connectivity index (χ2v) is 4.52. The zero-order valence-corrected chi connectivity index (χ0v) is 8.70. The van der Waals surface area contributed by atoms with Crippen LogP contribution in [0.4, 0.5) is 8.78 Å². The predicted octanol–water partition coefficient (Wildman–Crippen LogP) is 0.439. The van der Waals surface area contributed by atoms with Crippen LogP contribution in [0.15, 0.2) is 0 Å². The van der Waals surface area contributed by atoms with Gasteiger partial charge < -0.3 is 10.4 Å². The van der Waals surface area contributed by atoms with Crippen LogP contribution in [0.2, 0.25) is 0 Å². The average molecular weight is 220 g/mol. The molecule has 2 unspecified atom stereocenters. The minimum Gasteiger partial charge on any atom is -0.386 e. The van der Waals surface area contributed by atoms with E-state index in [1.165, 1.54) is 12.8 Å². The largest absolute Gasteiger partial charge is 0.386 e. The van der Waals surface area contributed by atoms with E-state index in [2.05, 4.69) is 10.2 Å². The van der Waals surface area contributed by atoms with Gasteiger partial charge in [-0.1, -0.05) is 0 Å². The summed E-state index contributed by atoms with van der Waals surface area (Å²) in [5.74, 6) is 0. The maximum absolute atomic E-state index is 12.0. The van der Waals surface area contributed by atoms with Gasteiger partial charge in [-0.2, -0.15) is 0 Å². The summed E-state index contributed by atoms with van der Waals surface area (Å²) in [7, 11) is 0. The van der Waals surface area contributed by atoms with Crippen LogP contribution in [0.5, 0.6) is 0 Å². The third-order valence-electron chi connectivity index (χ3n) is 3.19. The lowest BCUT2D eigenvalue weighted by atomic mass is 10.2. The van der Waals surface area contributed by atoms with E-state index in [9.17, 15) is 8.78 Å². The first-order chi connectivity index (χ1) is 7.16. The van der Waals surface area contributed by atoms with Crippen molar-refractivity contribution in [1.82, 2.24) is 10.2 Å². The summed E-state index contributed by atoms with van der Waals surface area (Å²) in [5, 5.41) is 12.0. The molecule has 1 aliphatic carbocycles. The van der Waals surface area contributed by atoms with E-state index < -0.39 is 12.5 Å². The van der Waals surface area contributed by atoms with Gasteiger partial charge in [-0.15, -0.1) is 0 Å². The third kappa shape index (κ3) is 3.09. The zero-order chi connectivity index (χ0) is 10.8. The number of hydrogen-bond donors (Lipinski definition) is 2. The van der Waals surface area contributed by atoms with Gasteiger partial charge in [0.05, 0.1) is 0 Å². The molecule has 0 spiro atoms. The molecular formula is C10H18F2N2O. The Morgan fingerprint density at radius 3 is 2.67 bits per heavy atom. The van der Waals surface area contributed by atoms with Crippen molar-refractivity contribution >= 4 is 0 Å². The van der Waals surface area contributed by atoms with Crippen molar-refractivity contribution in [2.45, 2.75) is 43.9 Å². The maximum Gasteiger partial charge on any atom is 0.265 e. The number of rotatable bonds is 5. The predicted molar refractivity (Wildman–Crippen MR) is 53.0 cm³/mol. The van der Waals surface area contributed by atoms with E-state index in [1.54, 1.807) is 0 Å². The van der Waals surface area contributed by atoms with Crippen molar-refractivity contribution in [2.24, 2.45) is 0 Å². The highest BCUT2D eigenvalue weighted by molar-refractivity contribution is 4.92. The molecule has 2 fully saturated rings. The summed E-state index contributed by atoms with van der Waals surface area (Å²) >= 11 is 0. The highest BCUT2D eigenvalue weighted by Crippen LogP contribution is 2.29. The molecule has 1 saturated heterocycles. The molecule has 2 aliphatic rings. The number of hydrogen-bond acceptors (Lipinski definition) is 3. The van der Waals surface area contributed by atoms with Crippen LogP contribution in [-0.2, 0) is 0 Å². The molecule has 3 nitrogen and oxygen atoms in total. The van der Waals surface area contributed by atoms with Crippen LogP contribution >= 0.6 is 0 Å². The molecular weight excluding hydrogens is 202 g/mol. The third-order valence-corrected chi connectivity index (χ3v) is 3.19. The first kappa shape index (κ1) is 11.2. The SMILES string of the molecule is OC(CNC1CCN(C2CC2)C1)C(F)F. The topological polar surface area (TPSA) is 35.5 Å². The van der Waals surface area contributed by atoms with Crippen LogP contribution in [0.1, 0.15) is 19.3 Å². The molecule has 0 amide bonds. The molecule has 0 aromatic carbocycles. The van der Waals surface area contributed by atoms with Crippen LogP contribution in [-0.4, -0.2) is 54.3 Å². The number of aliphatic hydroxyl groups excluding tert-OH is 1. The van der Waals surface area contributed by atoms with Crippen molar-refractivity contribution in [3.63, 3.8) is 0 Å². The molecule has 2 rings (SSSR count). The number of likely N-dealkylation sites (tertiary alicyclic amines) is 1. The summed E-state index contributed by atoms with van der Waals surface area (Å²) < 4.78 is 24.0. The van der Waals surface area contributed by atoms with Gasteiger partial charge in [-0.3, -0.25) is 4.90 Å². The van der Waals surface area contributed by atoms with E-state index in [0.717, 1.165) is 25.6 Å². The first-order valence-electron chi connectivity index (χ1n) is 5.60. The summed E-state index contributed by atoms with van der Waals surface area (Å²) in [6.07, 6.45) is -0.594. The highest BCUT2D eigenvalue weighted by atomic mass is 19.3. The second-order valence-electron chi connectivity index (χ2n) is 4.52. The second kappa shape index (κ2) is 4.72. The van der Waals surface area contributed by atoms with Crippen LogP contribution < -0.4 is 5.32 Å². The van der Waals surface area contributed by atoms with E-state index in [4.69, 9.17) is 5.11 Å². The lowest BCUT2D eigenvalue weighted by Gasteiger charge is -2.17. The van der Waals surface area contributed by atoms with Crippen LogP contribution in [0, 0.1) is 0 Å². The number of halogens is 2.